The van der Waals surface area contributed by atoms with E-state index in [0.29, 0.717) is 5.69 Å². The molecule has 5 N–H and O–H groups in total. The molecule has 7 heteroatoms. The number of aryl methyl sites for hydroxylation is 1. The van der Waals surface area contributed by atoms with Crippen molar-refractivity contribution in [3.05, 3.63) is 11.9 Å². The molecule has 2 amide bonds. The van der Waals surface area contributed by atoms with Gasteiger partial charge in [-0.25, -0.2) is 0 Å². The first-order chi connectivity index (χ1) is 8.31. The monoisotopic (exact) mass is 253 g/mol. The van der Waals surface area contributed by atoms with E-state index in [9.17, 15) is 9.59 Å². The van der Waals surface area contributed by atoms with Crippen LogP contribution in [0.5, 0.6) is 0 Å². The first-order valence-electron chi connectivity index (χ1n) is 5.69. The van der Waals surface area contributed by atoms with Gasteiger partial charge in [-0.1, -0.05) is 13.8 Å². The lowest BCUT2D eigenvalue weighted by Gasteiger charge is -2.11. The molecule has 0 aliphatic rings. The number of carbonyl (C=O) groups excluding carboxylic acids is 2. The molecule has 0 aliphatic heterocycles. The van der Waals surface area contributed by atoms with Crippen LogP contribution in [0, 0.1) is 0 Å². The van der Waals surface area contributed by atoms with Gasteiger partial charge in [-0.2, -0.15) is 5.10 Å². The maximum atomic E-state index is 11.8. The number of rotatable bonds is 5. The van der Waals surface area contributed by atoms with E-state index in [2.05, 4.69) is 10.4 Å². The Morgan fingerprint density at radius 1 is 1.50 bits per heavy atom. The molecule has 0 saturated carbocycles. The molecule has 1 atom stereocenters. The lowest BCUT2D eigenvalue weighted by atomic mass is 10.1. The van der Waals surface area contributed by atoms with E-state index in [1.807, 2.05) is 13.8 Å². The van der Waals surface area contributed by atoms with Gasteiger partial charge in [-0.15, -0.1) is 0 Å². The standard InChI is InChI=1S/C11H19N5O2/c1-6(2)10-8(5-16(3)15-10)14-11(18)7(12)4-9(13)17/h5-7H,4,12H2,1-3H3,(H2,13,17)(H,14,18). The number of hydrogen-bond donors (Lipinski definition) is 3. The SMILES string of the molecule is CC(C)c1nn(C)cc1NC(=O)C(N)CC(N)=O. The van der Waals surface area contributed by atoms with Crippen LogP contribution in [-0.2, 0) is 16.6 Å². The molecule has 0 radical (unpaired) electrons. The molecule has 1 unspecified atom stereocenters. The van der Waals surface area contributed by atoms with Crippen LogP contribution in [0.3, 0.4) is 0 Å². The predicted octanol–water partition coefficient (Wildman–Crippen LogP) is -0.315. The van der Waals surface area contributed by atoms with E-state index in [4.69, 9.17) is 11.5 Å². The van der Waals surface area contributed by atoms with Crippen molar-refractivity contribution in [3.63, 3.8) is 0 Å². The van der Waals surface area contributed by atoms with Crippen molar-refractivity contribution < 1.29 is 9.59 Å². The van der Waals surface area contributed by atoms with E-state index in [0.717, 1.165) is 5.69 Å². The van der Waals surface area contributed by atoms with Crippen molar-refractivity contribution in [1.29, 1.82) is 0 Å². The van der Waals surface area contributed by atoms with Gasteiger partial charge in [0.1, 0.15) is 0 Å². The number of aromatic nitrogens is 2. The van der Waals surface area contributed by atoms with Crippen molar-refractivity contribution in [1.82, 2.24) is 9.78 Å². The molecule has 100 valence electrons. The zero-order chi connectivity index (χ0) is 13.9. The summed E-state index contributed by atoms with van der Waals surface area (Å²) in [5.74, 6) is -0.870. The fourth-order valence-corrected chi connectivity index (χ4v) is 1.56. The number of anilines is 1. The van der Waals surface area contributed by atoms with Gasteiger partial charge >= 0.3 is 0 Å². The fraction of sp³-hybridized carbons (Fsp3) is 0.545. The van der Waals surface area contributed by atoms with Crippen LogP contribution < -0.4 is 16.8 Å². The summed E-state index contributed by atoms with van der Waals surface area (Å²) in [5.41, 5.74) is 11.9. The van der Waals surface area contributed by atoms with Crippen LogP contribution in [0.25, 0.3) is 0 Å². The summed E-state index contributed by atoms with van der Waals surface area (Å²) < 4.78 is 1.62. The molecule has 1 rings (SSSR count). The smallest absolute Gasteiger partial charge is 0.241 e. The third kappa shape index (κ3) is 3.56. The highest BCUT2D eigenvalue weighted by atomic mass is 16.2. The van der Waals surface area contributed by atoms with Gasteiger partial charge in [0.2, 0.25) is 11.8 Å². The van der Waals surface area contributed by atoms with E-state index < -0.39 is 17.9 Å². The molecule has 0 spiro atoms. The summed E-state index contributed by atoms with van der Waals surface area (Å²) in [6.07, 6.45) is 1.52. The quantitative estimate of drug-likeness (QED) is 0.667. The van der Waals surface area contributed by atoms with Crippen molar-refractivity contribution in [2.75, 3.05) is 5.32 Å². The number of hydrogen-bond acceptors (Lipinski definition) is 4. The lowest BCUT2D eigenvalue weighted by Crippen LogP contribution is -2.39. The van der Waals surface area contributed by atoms with Crippen LogP contribution in [0.15, 0.2) is 6.20 Å². The Morgan fingerprint density at radius 2 is 2.11 bits per heavy atom. The number of carbonyl (C=O) groups is 2. The molecule has 0 aliphatic carbocycles. The summed E-state index contributed by atoms with van der Waals surface area (Å²) in [7, 11) is 1.77. The van der Waals surface area contributed by atoms with Crippen LogP contribution in [0.2, 0.25) is 0 Å². The third-order valence-electron chi connectivity index (χ3n) is 2.42. The Bertz CT molecular complexity index is 452. The first kappa shape index (κ1) is 14.2. The molecule has 0 fully saturated rings. The number of primary amides is 1. The highest BCUT2D eigenvalue weighted by Gasteiger charge is 2.19. The summed E-state index contributed by atoms with van der Waals surface area (Å²) in [6.45, 7) is 3.95. The zero-order valence-electron chi connectivity index (χ0n) is 10.8. The summed E-state index contributed by atoms with van der Waals surface area (Å²) in [4.78, 5) is 22.4. The molecule has 1 heterocycles. The molecule has 1 aromatic rings. The van der Waals surface area contributed by atoms with E-state index in [1.54, 1.807) is 17.9 Å². The minimum absolute atomic E-state index is 0.175. The summed E-state index contributed by atoms with van der Waals surface area (Å²) in [5, 5.41) is 6.92. The number of nitrogens with two attached hydrogens (primary N) is 2. The number of nitrogens with one attached hydrogen (secondary N) is 1. The number of nitrogens with zero attached hydrogens (tertiary/aromatic N) is 2. The largest absolute Gasteiger partial charge is 0.370 e. The van der Waals surface area contributed by atoms with E-state index in [-0.39, 0.29) is 12.3 Å². The maximum Gasteiger partial charge on any atom is 0.241 e. The molecule has 7 nitrogen and oxygen atoms in total. The Balaban J connectivity index is 2.78. The van der Waals surface area contributed by atoms with Gasteiger partial charge in [0.05, 0.1) is 23.8 Å². The second kappa shape index (κ2) is 5.63. The summed E-state index contributed by atoms with van der Waals surface area (Å²) in [6, 6.07) is -0.942. The molecule has 0 aromatic carbocycles. The van der Waals surface area contributed by atoms with Gasteiger partial charge in [0.15, 0.2) is 0 Å². The average molecular weight is 253 g/mol. The normalized spacial score (nSPS) is 12.5. The third-order valence-corrected chi connectivity index (χ3v) is 2.42. The van der Waals surface area contributed by atoms with Gasteiger partial charge in [0, 0.05) is 13.2 Å². The van der Waals surface area contributed by atoms with Crippen molar-refractivity contribution >= 4 is 17.5 Å². The van der Waals surface area contributed by atoms with Gasteiger partial charge < -0.3 is 16.8 Å². The summed E-state index contributed by atoms with van der Waals surface area (Å²) >= 11 is 0. The first-order valence-corrected chi connectivity index (χ1v) is 5.69. The molecule has 1 aromatic heterocycles. The highest BCUT2D eigenvalue weighted by molar-refractivity contribution is 5.97. The predicted molar refractivity (Wildman–Crippen MR) is 67.7 cm³/mol. The van der Waals surface area contributed by atoms with Crippen molar-refractivity contribution in [2.24, 2.45) is 18.5 Å². The molecular formula is C11H19N5O2. The average Bonchev–Trinajstić information content (AvgIpc) is 2.58. The van der Waals surface area contributed by atoms with Gasteiger partial charge in [0.25, 0.3) is 0 Å². The van der Waals surface area contributed by atoms with Gasteiger partial charge in [-0.05, 0) is 5.92 Å². The fourth-order valence-electron chi connectivity index (χ4n) is 1.56. The minimum atomic E-state index is -0.942. The Hall–Kier alpha value is -1.89. The molecule has 0 bridgehead atoms. The highest BCUT2D eigenvalue weighted by Crippen LogP contribution is 2.22. The van der Waals surface area contributed by atoms with E-state index in [1.165, 1.54) is 0 Å². The van der Waals surface area contributed by atoms with Crippen LogP contribution in [-0.4, -0.2) is 27.6 Å². The molecule has 18 heavy (non-hydrogen) atoms. The Labute approximate surface area is 106 Å². The number of amides is 2. The lowest BCUT2D eigenvalue weighted by molar-refractivity contribution is -0.123. The topological polar surface area (TPSA) is 116 Å². The van der Waals surface area contributed by atoms with E-state index >= 15 is 0 Å². The second-order valence-electron chi connectivity index (χ2n) is 4.52. The van der Waals surface area contributed by atoms with Crippen molar-refractivity contribution in [3.8, 4) is 0 Å². The van der Waals surface area contributed by atoms with Crippen LogP contribution in [0.1, 0.15) is 31.9 Å². The van der Waals surface area contributed by atoms with Crippen LogP contribution >= 0.6 is 0 Å². The minimum Gasteiger partial charge on any atom is -0.370 e. The van der Waals surface area contributed by atoms with Gasteiger partial charge in [-0.3, -0.25) is 14.3 Å². The molecule has 0 saturated heterocycles. The second-order valence-corrected chi connectivity index (χ2v) is 4.52. The Morgan fingerprint density at radius 3 is 2.61 bits per heavy atom. The Kier molecular flexibility index (Phi) is 4.43. The zero-order valence-corrected chi connectivity index (χ0v) is 10.8. The molecular weight excluding hydrogens is 234 g/mol. The maximum absolute atomic E-state index is 11.8. The van der Waals surface area contributed by atoms with Crippen LogP contribution in [0.4, 0.5) is 5.69 Å². The van der Waals surface area contributed by atoms with Crippen molar-refractivity contribution in [2.45, 2.75) is 32.2 Å².